The Morgan fingerprint density at radius 2 is 2.06 bits per heavy atom. The van der Waals surface area contributed by atoms with E-state index in [0.717, 1.165) is 12.3 Å². The van der Waals surface area contributed by atoms with Gasteiger partial charge < -0.3 is 14.6 Å². The van der Waals surface area contributed by atoms with Crippen molar-refractivity contribution in [3.63, 3.8) is 0 Å². The van der Waals surface area contributed by atoms with Crippen molar-refractivity contribution < 1.29 is 26.7 Å². The van der Waals surface area contributed by atoms with Crippen molar-refractivity contribution >= 4 is 44.6 Å². The first-order chi connectivity index (χ1) is 22.9. The van der Waals surface area contributed by atoms with Gasteiger partial charge in [0.05, 0.1) is 24.2 Å². The average molecular weight is 722 g/mol. The fourth-order valence-corrected chi connectivity index (χ4v) is 9.33. The number of piperidine rings is 1. The number of imidazole rings is 1. The zero-order valence-corrected chi connectivity index (χ0v) is 27.9. The largest absolute Gasteiger partial charge is 0.388 e. The van der Waals surface area contributed by atoms with E-state index in [0.29, 0.717) is 38.9 Å². The van der Waals surface area contributed by atoms with Crippen molar-refractivity contribution in [2.75, 3.05) is 13.1 Å². The fraction of sp³-hybridized carbons (Fsp3) is 0.400. The summed E-state index contributed by atoms with van der Waals surface area (Å²) in [4.78, 5) is 15.3. The van der Waals surface area contributed by atoms with Crippen LogP contribution in [0.3, 0.4) is 0 Å². The van der Waals surface area contributed by atoms with Gasteiger partial charge in [-0.2, -0.15) is 31.3 Å². The minimum Gasteiger partial charge on any atom is -0.388 e. The number of halogens is 4. The highest BCUT2D eigenvalue weighted by molar-refractivity contribution is 7.87. The van der Waals surface area contributed by atoms with Crippen LogP contribution in [-0.4, -0.2) is 83.7 Å². The molecular formula is C30H31ClF3N9O3S2. The summed E-state index contributed by atoms with van der Waals surface area (Å²) < 4.78 is 75.7. The summed E-state index contributed by atoms with van der Waals surface area (Å²) in [5.41, 5.74) is 0.579. The van der Waals surface area contributed by atoms with Crippen molar-refractivity contribution in [3.05, 3.63) is 93.6 Å². The van der Waals surface area contributed by atoms with Gasteiger partial charge in [-0.25, -0.2) is 19.0 Å². The van der Waals surface area contributed by atoms with Crippen molar-refractivity contribution in [1.82, 2.24) is 38.2 Å². The molecule has 3 aromatic heterocycles. The topological polar surface area (TPSA) is 134 Å². The van der Waals surface area contributed by atoms with Crippen LogP contribution < -0.4 is 4.72 Å². The van der Waals surface area contributed by atoms with Gasteiger partial charge in [0.1, 0.15) is 11.9 Å². The number of hydrogen-bond donors (Lipinski definition) is 2. The van der Waals surface area contributed by atoms with E-state index in [1.54, 1.807) is 41.8 Å². The maximum atomic E-state index is 14.1. The molecule has 6 heterocycles. The Kier molecular flexibility index (Phi) is 8.70. The van der Waals surface area contributed by atoms with Crippen molar-refractivity contribution in [2.24, 2.45) is 4.99 Å². The van der Waals surface area contributed by atoms with E-state index in [9.17, 15) is 26.7 Å². The number of benzene rings is 1. The number of amidine groups is 1. The lowest BCUT2D eigenvalue weighted by molar-refractivity contribution is -0.0355. The number of thiazole rings is 1. The van der Waals surface area contributed by atoms with Gasteiger partial charge in [0.15, 0.2) is 10.8 Å². The van der Waals surface area contributed by atoms with E-state index in [1.165, 1.54) is 33.8 Å². The molecule has 1 unspecified atom stereocenters. The molecule has 0 spiro atoms. The van der Waals surface area contributed by atoms with Crippen molar-refractivity contribution in [1.29, 1.82) is 0 Å². The molecule has 4 atom stereocenters. The molecule has 4 aromatic rings. The molecule has 0 saturated carbocycles. The Morgan fingerprint density at radius 1 is 1.23 bits per heavy atom. The number of alkyl halides is 2. The summed E-state index contributed by atoms with van der Waals surface area (Å²) in [5.74, 6) is -0.107. The molecule has 1 aromatic carbocycles. The van der Waals surface area contributed by atoms with E-state index < -0.39 is 46.3 Å². The monoisotopic (exact) mass is 721 g/mol. The second kappa shape index (κ2) is 12.7. The van der Waals surface area contributed by atoms with Crippen LogP contribution in [-0.2, 0) is 16.8 Å². The van der Waals surface area contributed by atoms with Gasteiger partial charge in [-0.05, 0) is 38.0 Å². The summed E-state index contributed by atoms with van der Waals surface area (Å²) in [5, 5.41) is 17.8. The lowest BCUT2D eigenvalue weighted by Crippen LogP contribution is -2.57. The Hall–Kier alpha value is -3.61. The van der Waals surface area contributed by atoms with Gasteiger partial charge in [0.25, 0.3) is 10.2 Å². The van der Waals surface area contributed by atoms with Gasteiger partial charge in [0.2, 0.25) is 0 Å². The quantitative estimate of drug-likeness (QED) is 0.261. The van der Waals surface area contributed by atoms with Crippen LogP contribution in [0.2, 0.25) is 5.02 Å². The summed E-state index contributed by atoms with van der Waals surface area (Å²) in [6.45, 7) is -0.554. The standard InChI is InChI=1S/C30H31ClF3N9O3S2/c1-18-14-30(44,16-40-10-6-35-17-40)5-9-43(18)48(45,46)39-20-13-24-25(23-4-8-42(38-23)29(33)34)26(21-3-2-19(32)12-22(21)31)37-27(41(24)15-20)28-36-7-11-47-28/h2-4,6-8,10-12,17-18,20,26,29,39,44H,5,9,13-16H2,1H3/t18?,20-,26-,30+/m0/s1. The highest BCUT2D eigenvalue weighted by atomic mass is 35.5. The number of nitrogens with zero attached hydrogens (tertiary/aromatic N) is 8. The number of aliphatic imine (C=N–C) groups is 1. The third-order valence-electron chi connectivity index (χ3n) is 8.85. The molecule has 0 amide bonds. The third-order valence-corrected chi connectivity index (χ3v) is 11.7. The van der Waals surface area contributed by atoms with Crippen molar-refractivity contribution in [2.45, 2.75) is 63.0 Å². The smallest absolute Gasteiger partial charge is 0.333 e. The molecule has 3 aliphatic rings. The predicted molar refractivity (Wildman–Crippen MR) is 173 cm³/mol. The molecule has 48 heavy (non-hydrogen) atoms. The molecule has 18 heteroatoms. The Balaban J connectivity index is 1.22. The van der Waals surface area contributed by atoms with E-state index in [2.05, 4.69) is 19.8 Å². The normalized spacial score (nSPS) is 25.2. The molecule has 2 N–H and O–H groups in total. The first-order valence-electron chi connectivity index (χ1n) is 15.1. The number of hydrogen-bond acceptors (Lipinski definition) is 9. The second-order valence-electron chi connectivity index (χ2n) is 12.2. The molecule has 12 nitrogen and oxygen atoms in total. The average Bonchev–Trinajstić information content (AvgIpc) is 3.84. The minimum atomic E-state index is -4.04. The molecular weight excluding hydrogens is 691 g/mol. The summed E-state index contributed by atoms with van der Waals surface area (Å²) in [7, 11) is -4.04. The number of nitrogens with one attached hydrogen (secondary N) is 1. The maximum absolute atomic E-state index is 14.1. The van der Waals surface area contributed by atoms with E-state index in [1.807, 2.05) is 4.90 Å². The Morgan fingerprint density at radius 3 is 2.73 bits per heavy atom. The molecule has 2 saturated heterocycles. The van der Waals surface area contributed by atoms with Crippen LogP contribution >= 0.6 is 22.9 Å². The van der Waals surface area contributed by atoms with Gasteiger partial charge in [-0.1, -0.05) is 17.7 Å². The van der Waals surface area contributed by atoms with E-state index in [4.69, 9.17) is 16.6 Å². The van der Waals surface area contributed by atoms with Crippen molar-refractivity contribution in [3.8, 4) is 0 Å². The van der Waals surface area contributed by atoms with Gasteiger partial charge in [-0.3, -0.25) is 4.99 Å². The second-order valence-corrected chi connectivity index (χ2v) is 15.1. The number of rotatable bonds is 9. The van der Waals surface area contributed by atoms with Crippen LogP contribution in [0.5, 0.6) is 0 Å². The molecule has 254 valence electrons. The predicted octanol–water partition coefficient (Wildman–Crippen LogP) is 4.46. The highest BCUT2D eigenvalue weighted by Crippen LogP contribution is 2.46. The fourth-order valence-electron chi connectivity index (χ4n) is 6.82. The maximum Gasteiger partial charge on any atom is 0.333 e. The van der Waals surface area contributed by atoms with E-state index >= 15 is 0 Å². The van der Waals surface area contributed by atoms with Crippen LogP contribution in [0.25, 0.3) is 5.57 Å². The number of fused-ring (bicyclic) bond motifs is 1. The first kappa shape index (κ1) is 32.9. The highest BCUT2D eigenvalue weighted by Gasteiger charge is 2.45. The molecule has 0 bridgehead atoms. The van der Waals surface area contributed by atoms with Gasteiger partial charge in [-0.15, -0.1) is 11.3 Å². The van der Waals surface area contributed by atoms with Gasteiger partial charge >= 0.3 is 6.55 Å². The lowest BCUT2D eigenvalue weighted by atomic mass is 9.88. The third kappa shape index (κ3) is 6.30. The molecule has 7 rings (SSSR count). The number of aromatic nitrogens is 5. The zero-order valence-electron chi connectivity index (χ0n) is 25.5. The van der Waals surface area contributed by atoms with Crippen LogP contribution in [0.4, 0.5) is 13.2 Å². The minimum absolute atomic E-state index is 0.0874. The summed E-state index contributed by atoms with van der Waals surface area (Å²) in [6, 6.07) is 3.31. The molecule has 0 aliphatic carbocycles. The van der Waals surface area contributed by atoms with Crippen LogP contribution in [0.1, 0.15) is 55.0 Å². The van der Waals surface area contributed by atoms with Gasteiger partial charge in [0, 0.05) is 83.6 Å². The molecule has 2 fully saturated rings. The zero-order chi connectivity index (χ0) is 33.8. The molecule has 0 radical (unpaired) electrons. The summed E-state index contributed by atoms with van der Waals surface area (Å²) in [6.07, 6.45) is 8.39. The molecule has 3 aliphatic heterocycles. The lowest BCUT2D eigenvalue weighted by Gasteiger charge is -2.42. The van der Waals surface area contributed by atoms with Crippen LogP contribution in [0, 0.1) is 5.82 Å². The van der Waals surface area contributed by atoms with E-state index in [-0.39, 0.29) is 43.1 Å². The first-order valence-corrected chi connectivity index (χ1v) is 17.8. The SMILES string of the molecule is CC1C[C@@](O)(Cn2ccnc2)CCN1S(=O)(=O)N[C@H]1CC2=C(c3ccn(C(F)F)n3)[C@H](c3ccc(F)cc3Cl)N=C(c3nccs3)N2C1. The number of aliphatic hydroxyl groups is 1. The van der Waals surface area contributed by atoms with Crippen LogP contribution in [0.15, 0.2) is 71.4 Å². The Labute approximate surface area is 283 Å². The summed E-state index contributed by atoms with van der Waals surface area (Å²) >= 11 is 7.87. The Bertz CT molecular complexity index is 1970.